The van der Waals surface area contributed by atoms with Crippen molar-refractivity contribution in [2.24, 2.45) is 0 Å². The molecule has 0 atom stereocenters. The molecule has 1 amide bonds. The third-order valence-electron chi connectivity index (χ3n) is 2.99. The Kier molecular flexibility index (Phi) is 4.90. The average molecular weight is 380 g/mol. The van der Waals surface area contributed by atoms with Gasteiger partial charge in [0, 0.05) is 15.1 Å². The molecule has 0 saturated carbocycles. The molecule has 1 aliphatic rings. The first-order valence-electron chi connectivity index (χ1n) is 6.78. The first-order chi connectivity index (χ1) is 10.7. The summed E-state index contributed by atoms with van der Waals surface area (Å²) in [7, 11) is 0. The minimum Gasteiger partial charge on any atom is -0.486 e. The number of rotatable bonds is 4. The number of thioether (sulfide) groups is 1. The quantitative estimate of drug-likeness (QED) is 0.816. The van der Waals surface area contributed by atoms with E-state index in [9.17, 15) is 4.79 Å². The summed E-state index contributed by atoms with van der Waals surface area (Å²) >= 11 is 4.85. The molecule has 22 heavy (non-hydrogen) atoms. The highest BCUT2D eigenvalue weighted by molar-refractivity contribution is 9.10. The summed E-state index contributed by atoms with van der Waals surface area (Å²) in [6.45, 7) is 1.14. The summed E-state index contributed by atoms with van der Waals surface area (Å²) in [5.74, 6) is 1.79. The summed E-state index contributed by atoms with van der Waals surface area (Å²) in [6.07, 6.45) is 0. The second-order valence-electron chi connectivity index (χ2n) is 4.65. The second-order valence-corrected chi connectivity index (χ2v) is 6.62. The Labute approximate surface area is 141 Å². The van der Waals surface area contributed by atoms with Crippen LogP contribution in [0.2, 0.25) is 0 Å². The normalized spacial score (nSPS) is 12.8. The van der Waals surface area contributed by atoms with E-state index < -0.39 is 0 Å². The second kappa shape index (κ2) is 7.07. The lowest BCUT2D eigenvalue weighted by Gasteiger charge is -2.18. The molecule has 0 saturated heterocycles. The van der Waals surface area contributed by atoms with Crippen molar-refractivity contribution in [2.75, 3.05) is 24.3 Å². The molecule has 3 rings (SSSR count). The van der Waals surface area contributed by atoms with Crippen molar-refractivity contribution in [3.05, 3.63) is 46.9 Å². The van der Waals surface area contributed by atoms with Crippen molar-refractivity contribution < 1.29 is 14.3 Å². The Morgan fingerprint density at radius 2 is 1.95 bits per heavy atom. The van der Waals surface area contributed by atoms with Gasteiger partial charge in [0.15, 0.2) is 11.5 Å². The van der Waals surface area contributed by atoms with Crippen LogP contribution in [0.1, 0.15) is 0 Å². The molecule has 0 spiro atoms. The fraction of sp³-hybridized carbons (Fsp3) is 0.188. The smallest absolute Gasteiger partial charge is 0.234 e. The highest BCUT2D eigenvalue weighted by Gasteiger charge is 2.12. The number of benzene rings is 2. The third kappa shape index (κ3) is 3.96. The predicted octanol–water partition coefficient (Wildman–Crippen LogP) is 3.95. The van der Waals surface area contributed by atoms with Crippen molar-refractivity contribution in [1.29, 1.82) is 0 Å². The van der Waals surface area contributed by atoms with Gasteiger partial charge >= 0.3 is 0 Å². The topological polar surface area (TPSA) is 47.6 Å². The van der Waals surface area contributed by atoms with Crippen LogP contribution in [0.15, 0.2) is 51.8 Å². The standard InChI is InChI=1S/C16H14BrNO3S/c17-11-2-1-3-12(8-11)18-16(19)10-22-13-4-5-14-15(9-13)21-7-6-20-14/h1-5,8-9H,6-7,10H2,(H,18,19). The molecule has 6 heteroatoms. The van der Waals surface area contributed by atoms with Crippen molar-refractivity contribution in [3.63, 3.8) is 0 Å². The van der Waals surface area contributed by atoms with Gasteiger partial charge in [0.05, 0.1) is 5.75 Å². The molecule has 0 unspecified atom stereocenters. The van der Waals surface area contributed by atoms with Gasteiger partial charge in [-0.1, -0.05) is 22.0 Å². The SMILES string of the molecule is O=C(CSc1ccc2c(c1)OCCO2)Nc1cccc(Br)c1. The first-order valence-corrected chi connectivity index (χ1v) is 8.56. The van der Waals surface area contributed by atoms with Gasteiger partial charge in [-0.3, -0.25) is 4.79 Å². The van der Waals surface area contributed by atoms with Crippen LogP contribution >= 0.6 is 27.7 Å². The summed E-state index contributed by atoms with van der Waals surface area (Å²) in [5, 5.41) is 2.87. The number of hydrogen-bond donors (Lipinski definition) is 1. The number of halogens is 1. The number of hydrogen-bond acceptors (Lipinski definition) is 4. The lowest BCUT2D eigenvalue weighted by Crippen LogP contribution is -2.15. The van der Waals surface area contributed by atoms with Crippen LogP contribution in [0.3, 0.4) is 0 Å². The highest BCUT2D eigenvalue weighted by atomic mass is 79.9. The number of ether oxygens (including phenoxy) is 2. The van der Waals surface area contributed by atoms with E-state index in [1.165, 1.54) is 11.8 Å². The van der Waals surface area contributed by atoms with Crippen LogP contribution in [0.4, 0.5) is 5.69 Å². The molecule has 4 nitrogen and oxygen atoms in total. The van der Waals surface area contributed by atoms with E-state index in [1.807, 2.05) is 42.5 Å². The van der Waals surface area contributed by atoms with Crippen LogP contribution in [-0.2, 0) is 4.79 Å². The fourth-order valence-corrected chi connectivity index (χ4v) is 3.15. The third-order valence-corrected chi connectivity index (χ3v) is 4.48. The molecule has 0 radical (unpaired) electrons. The molecule has 1 aliphatic heterocycles. The number of carbonyl (C=O) groups excluding carboxylic acids is 1. The number of fused-ring (bicyclic) bond motifs is 1. The summed E-state index contributed by atoms with van der Waals surface area (Å²) in [4.78, 5) is 13.0. The maximum absolute atomic E-state index is 12.0. The maximum Gasteiger partial charge on any atom is 0.234 e. The monoisotopic (exact) mass is 379 g/mol. The van der Waals surface area contributed by atoms with E-state index in [0.29, 0.717) is 19.0 Å². The molecule has 1 heterocycles. The van der Waals surface area contributed by atoms with Crippen LogP contribution < -0.4 is 14.8 Å². The van der Waals surface area contributed by atoms with Crippen LogP contribution in [0.25, 0.3) is 0 Å². The Morgan fingerprint density at radius 1 is 1.14 bits per heavy atom. The zero-order valence-electron chi connectivity index (χ0n) is 11.7. The van der Waals surface area contributed by atoms with Crippen molar-refractivity contribution >= 4 is 39.3 Å². The van der Waals surface area contributed by atoms with Crippen LogP contribution in [0, 0.1) is 0 Å². The van der Waals surface area contributed by atoms with E-state index in [2.05, 4.69) is 21.2 Å². The molecule has 2 aromatic carbocycles. The summed E-state index contributed by atoms with van der Waals surface area (Å²) in [6, 6.07) is 13.2. The molecule has 1 N–H and O–H groups in total. The lowest BCUT2D eigenvalue weighted by atomic mass is 10.3. The van der Waals surface area contributed by atoms with Gasteiger partial charge in [-0.2, -0.15) is 0 Å². The minimum absolute atomic E-state index is 0.0435. The van der Waals surface area contributed by atoms with Crippen molar-refractivity contribution in [1.82, 2.24) is 0 Å². The summed E-state index contributed by atoms with van der Waals surface area (Å²) < 4.78 is 11.9. The van der Waals surface area contributed by atoms with Crippen molar-refractivity contribution in [2.45, 2.75) is 4.90 Å². The summed E-state index contributed by atoms with van der Waals surface area (Å²) in [5.41, 5.74) is 0.780. The first kappa shape index (κ1) is 15.2. The number of anilines is 1. The number of nitrogens with one attached hydrogen (secondary N) is 1. The van der Waals surface area contributed by atoms with Crippen LogP contribution in [0.5, 0.6) is 11.5 Å². The zero-order valence-corrected chi connectivity index (χ0v) is 14.1. The van der Waals surface area contributed by atoms with Gasteiger partial charge in [0.25, 0.3) is 0 Å². The molecule has 2 aromatic rings. The fourth-order valence-electron chi connectivity index (χ4n) is 2.03. The van der Waals surface area contributed by atoms with Gasteiger partial charge in [-0.25, -0.2) is 0 Å². The number of carbonyl (C=O) groups is 1. The molecule has 0 aromatic heterocycles. The van der Waals surface area contributed by atoms with Gasteiger partial charge < -0.3 is 14.8 Å². The molecular formula is C16H14BrNO3S. The Morgan fingerprint density at radius 3 is 2.77 bits per heavy atom. The minimum atomic E-state index is -0.0435. The van der Waals surface area contributed by atoms with Gasteiger partial charge in [-0.15, -0.1) is 11.8 Å². The van der Waals surface area contributed by atoms with Crippen molar-refractivity contribution in [3.8, 4) is 11.5 Å². The van der Waals surface area contributed by atoms with E-state index in [1.54, 1.807) is 0 Å². The van der Waals surface area contributed by atoms with Crippen LogP contribution in [-0.4, -0.2) is 24.9 Å². The number of amides is 1. The van der Waals surface area contributed by atoms with Gasteiger partial charge in [0.2, 0.25) is 5.91 Å². The Balaban J connectivity index is 1.57. The average Bonchev–Trinajstić information content (AvgIpc) is 2.53. The van der Waals surface area contributed by atoms with E-state index in [0.717, 1.165) is 26.6 Å². The lowest BCUT2D eigenvalue weighted by molar-refractivity contribution is -0.113. The largest absolute Gasteiger partial charge is 0.486 e. The zero-order chi connectivity index (χ0) is 15.4. The van der Waals surface area contributed by atoms with E-state index in [-0.39, 0.29) is 5.91 Å². The predicted molar refractivity (Wildman–Crippen MR) is 90.9 cm³/mol. The molecular weight excluding hydrogens is 366 g/mol. The van der Waals surface area contributed by atoms with Gasteiger partial charge in [-0.05, 0) is 36.4 Å². The molecule has 0 aliphatic carbocycles. The maximum atomic E-state index is 12.0. The molecule has 114 valence electrons. The Hall–Kier alpha value is -1.66. The molecule has 0 fully saturated rings. The van der Waals surface area contributed by atoms with E-state index >= 15 is 0 Å². The Bertz CT molecular complexity index is 693. The highest BCUT2D eigenvalue weighted by Crippen LogP contribution is 2.34. The van der Waals surface area contributed by atoms with Gasteiger partial charge in [0.1, 0.15) is 13.2 Å². The van der Waals surface area contributed by atoms with E-state index in [4.69, 9.17) is 9.47 Å². The molecule has 0 bridgehead atoms.